The Morgan fingerprint density at radius 2 is 1.75 bits per heavy atom. The Kier molecular flexibility index (Phi) is 5.47. The van der Waals surface area contributed by atoms with Crippen LogP contribution in [0, 0.1) is 19.8 Å². The summed E-state index contributed by atoms with van der Waals surface area (Å²) in [7, 11) is 0. The number of nitrogens with zero attached hydrogens (tertiary/aromatic N) is 1. The van der Waals surface area contributed by atoms with E-state index >= 15 is 0 Å². The summed E-state index contributed by atoms with van der Waals surface area (Å²) < 4.78 is 0. The Hall–Kier alpha value is -1.02. The molecule has 2 rings (SSSR count). The van der Waals surface area contributed by atoms with Gasteiger partial charge in [0.15, 0.2) is 0 Å². The van der Waals surface area contributed by atoms with Crippen molar-refractivity contribution in [3.8, 4) is 0 Å². The second-order valence-electron chi connectivity index (χ2n) is 6.49. The van der Waals surface area contributed by atoms with Gasteiger partial charge in [0.25, 0.3) is 0 Å². The van der Waals surface area contributed by atoms with Gasteiger partial charge >= 0.3 is 0 Å². The summed E-state index contributed by atoms with van der Waals surface area (Å²) in [6, 6.07) is 7.32. The standard InChI is InChI=1S/C18H30N2/c1-5-8-20-9-6-17(7-10-20)16(4)19-18-12-14(2)11-15(3)13-18/h11-13,16-17,19H,5-10H2,1-4H3. The molecular formula is C18H30N2. The van der Waals surface area contributed by atoms with Gasteiger partial charge in [0.1, 0.15) is 0 Å². The smallest absolute Gasteiger partial charge is 0.0347 e. The number of benzene rings is 1. The third-order valence-electron chi connectivity index (χ3n) is 4.50. The second-order valence-corrected chi connectivity index (χ2v) is 6.49. The number of nitrogens with one attached hydrogen (secondary N) is 1. The Morgan fingerprint density at radius 3 is 2.30 bits per heavy atom. The molecule has 1 heterocycles. The van der Waals surface area contributed by atoms with Crippen LogP contribution < -0.4 is 5.32 Å². The Labute approximate surface area is 124 Å². The van der Waals surface area contributed by atoms with Gasteiger partial charge in [-0.1, -0.05) is 13.0 Å². The largest absolute Gasteiger partial charge is 0.382 e. The molecule has 2 heteroatoms. The van der Waals surface area contributed by atoms with E-state index in [0.717, 1.165) is 5.92 Å². The molecule has 0 spiro atoms. The van der Waals surface area contributed by atoms with Crippen LogP contribution in [0.15, 0.2) is 18.2 Å². The molecular weight excluding hydrogens is 244 g/mol. The van der Waals surface area contributed by atoms with Crippen molar-refractivity contribution in [2.24, 2.45) is 5.92 Å². The molecule has 1 atom stereocenters. The zero-order valence-electron chi connectivity index (χ0n) is 13.6. The van der Waals surface area contributed by atoms with Gasteiger partial charge in [0.2, 0.25) is 0 Å². The van der Waals surface area contributed by atoms with E-state index in [-0.39, 0.29) is 0 Å². The monoisotopic (exact) mass is 274 g/mol. The van der Waals surface area contributed by atoms with E-state index in [2.05, 4.69) is 56.1 Å². The lowest BCUT2D eigenvalue weighted by atomic mass is 9.90. The zero-order valence-corrected chi connectivity index (χ0v) is 13.6. The minimum absolute atomic E-state index is 0.569. The van der Waals surface area contributed by atoms with E-state index in [1.807, 2.05) is 0 Å². The van der Waals surface area contributed by atoms with Crippen LogP contribution in [0.25, 0.3) is 0 Å². The minimum Gasteiger partial charge on any atom is -0.382 e. The molecule has 1 saturated heterocycles. The number of rotatable bonds is 5. The lowest BCUT2D eigenvalue weighted by molar-refractivity contribution is 0.176. The van der Waals surface area contributed by atoms with Crippen LogP contribution in [0.5, 0.6) is 0 Å². The molecule has 20 heavy (non-hydrogen) atoms. The van der Waals surface area contributed by atoms with Crippen LogP contribution in [0.2, 0.25) is 0 Å². The average Bonchev–Trinajstić information content (AvgIpc) is 2.38. The maximum Gasteiger partial charge on any atom is 0.0347 e. The highest BCUT2D eigenvalue weighted by Gasteiger charge is 2.23. The predicted molar refractivity (Wildman–Crippen MR) is 88.5 cm³/mol. The molecule has 2 nitrogen and oxygen atoms in total. The summed E-state index contributed by atoms with van der Waals surface area (Å²) >= 11 is 0. The highest BCUT2D eigenvalue weighted by Crippen LogP contribution is 2.24. The van der Waals surface area contributed by atoms with Crippen LogP contribution in [0.3, 0.4) is 0 Å². The van der Waals surface area contributed by atoms with Crippen molar-refractivity contribution in [1.82, 2.24) is 4.90 Å². The summed E-state index contributed by atoms with van der Waals surface area (Å²) in [5, 5.41) is 3.72. The highest BCUT2D eigenvalue weighted by atomic mass is 15.1. The molecule has 1 aliphatic rings. The van der Waals surface area contributed by atoms with Gasteiger partial charge in [-0.3, -0.25) is 0 Å². The number of likely N-dealkylation sites (tertiary alicyclic amines) is 1. The third kappa shape index (κ3) is 4.24. The fourth-order valence-electron chi connectivity index (χ4n) is 3.43. The van der Waals surface area contributed by atoms with Gasteiger partial charge in [-0.05, 0) is 88.8 Å². The van der Waals surface area contributed by atoms with Gasteiger partial charge in [-0.25, -0.2) is 0 Å². The molecule has 0 amide bonds. The van der Waals surface area contributed by atoms with Gasteiger partial charge in [0.05, 0.1) is 0 Å². The second kappa shape index (κ2) is 7.12. The third-order valence-corrected chi connectivity index (χ3v) is 4.50. The molecule has 1 N–H and O–H groups in total. The van der Waals surface area contributed by atoms with E-state index in [4.69, 9.17) is 0 Å². The van der Waals surface area contributed by atoms with Crippen LogP contribution in [0.1, 0.15) is 44.2 Å². The molecule has 0 aromatic heterocycles. The molecule has 1 aromatic carbocycles. The molecule has 1 fully saturated rings. The number of aryl methyl sites for hydroxylation is 2. The van der Waals surface area contributed by atoms with E-state index in [9.17, 15) is 0 Å². The molecule has 112 valence electrons. The number of hydrogen-bond acceptors (Lipinski definition) is 2. The van der Waals surface area contributed by atoms with Gasteiger partial charge in [0, 0.05) is 11.7 Å². The lowest BCUT2D eigenvalue weighted by Crippen LogP contribution is -2.39. The number of piperidine rings is 1. The first-order valence-electron chi connectivity index (χ1n) is 8.15. The van der Waals surface area contributed by atoms with E-state index in [0.29, 0.717) is 6.04 Å². The Balaban J connectivity index is 1.87. The maximum absolute atomic E-state index is 3.72. The SMILES string of the molecule is CCCN1CCC(C(C)Nc2cc(C)cc(C)c2)CC1. The van der Waals surface area contributed by atoms with Crippen LogP contribution in [-0.2, 0) is 0 Å². The highest BCUT2D eigenvalue weighted by molar-refractivity contribution is 5.49. The van der Waals surface area contributed by atoms with Crippen molar-refractivity contribution in [1.29, 1.82) is 0 Å². The minimum atomic E-state index is 0.569. The predicted octanol–water partition coefficient (Wildman–Crippen LogP) is 4.23. The molecule has 1 aliphatic heterocycles. The van der Waals surface area contributed by atoms with Crippen LogP contribution >= 0.6 is 0 Å². The fourth-order valence-corrected chi connectivity index (χ4v) is 3.43. The number of anilines is 1. The maximum atomic E-state index is 3.72. The first-order chi connectivity index (χ1) is 9.58. The van der Waals surface area contributed by atoms with Crippen LogP contribution in [-0.4, -0.2) is 30.6 Å². The molecule has 0 saturated carbocycles. The fraction of sp³-hybridized carbons (Fsp3) is 0.667. The summed E-state index contributed by atoms with van der Waals surface area (Å²) in [5.74, 6) is 0.809. The topological polar surface area (TPSA) is 15.3 Å². The van der Waals surface area contributed by atoms with Crippen molar-refractivity contribution < 1.29 is 0 Å². The van der Waals surface area contributed by atoms with Gasteiger partial charge in [-0.2, -0.15) is 0 Å². The van der Waals surface area contributed by atoms with Crippen molar-refractivity contribution in [2.45, 2.75) is 53.0 Å². The first kappa shape index (κ1) is 15.4. The van der Waals surface area contributed by atoms with Gasteiger partial charge in [-0.15, -0.1) is 0 Å². The number of hydrogen-bond donors (Lipinski definition) is 1. The molecule has 0 radical (unpaired) electrons. The molecule has 0 aliphatic carbocycles. The van der Waals surface area contributed by atoms with Crippen LogP contribution in [0.4, 0.5) is 5.69 Å². The summed E-state index contributed by atoms with van der Waals surface area (Å²) in [5.41, 5.74) is 3.97. The van der Waals surface area contributed by atoms with Crippen molar-refractivity contribution in [2.75, 3.05) is 25.0 Å². The summed E-state index contributed by atoms with van der Waals surface area (Å²) in [6.45, 7) is 12.8. The molecule has 0 bridgehead atoms. The molecule has 1 aromatic rings. The van der Waals surface area contributed by atoms with Crippen molar-refractivity contribution in [3.63, 3.8) is 0 Å². The van der Waals surface area contributed by atoms with E-state index < -0.39 is 0 Å². The van der Waals surface area contributed by atoms with Crippen molar-refractivity contribution >= 4 is 5.69 Å². The van der Waals surface area contributed by atoms with E-state index in [1.54, 1.807) is 0 Å². The zero-order chi connectivity index (χ0) is 14.5. The summed E-state index contributed by atoms with van der Waals surface area (Å²) in [4.78, 5) is 2.61. The lowest BCUT2D eigenvalue weighted by Gasteiger charge is -2.35. The summed E-state index contributed by atoms with van der Waals surface area (Å²) in [6.07, 6.45) is 3.94. The van der Waals surface area contributed by atoms with Gasteiger partial charge < -0.3 is 10.2 Å². The average molecular weight is 274 g/mol. The normalized spacial score (nSPS) is 19.0. The quantitative estimate of drug-likeness (QED) is 0.864. The first-order valence-corrected chi connectivity index (χ1v) is 8.15. The Bertz CT molecular complexity index is 399. The Morgan fingerprint density at radius 1 is 1.15 bits per heavy atom. The molecule has 1 unspecified atom stereocenters. The van der Waals surface area contributed by atoms with Crippen molar-refractivity contribution in [3.05, 3.63) is 29.3 Å². The van der Waals surface area contributed by atoms with E-state index in [1.165, 1.54) is 55.7 Å².